The van der Waals surface area contributed by atoms with Gasteiger partial charge in [-0.1, -0.05) is 20.8 Å². The fourth-order valence-electron chi connectivity index (χ4n) is 1.75. The molecule has 0 aromatic heterocycles. The second-order valence-electron chi connectivity index (χ2n) is 5.76. The van der Waals surface area contributed by atoms with Gasteiger partial charge in [0.2, 0.25) is 0 Å². The minimum Gasteiger partial charge on any atom is -0.391 e. The average Bonchev–Trinajstić information content (AvgIpc) is 1.99. The summed E-state index contributed by atoms with van der Waals surface area (Å²) in [7, 11) is 0. The standard InChI is InChI=1S/C12H25NO2/c1-8(2)13-12(7,9(3)14)10(15)11(4,5)6/h8-9,13-14H,1-7H3/t9-,12+/m1/s1. The van der Waals surface area contributed by atoms with Crippen molar-refractivity contribution in [1.29, 1.82) is 0 Å². The molecule has 0 unspecified atom stereocenters. The van der Waals surface area contributed by atoms with E-state index in [1.807, 2.05) is 34.6 Å². The van der Waals surface area contributed by atoms with Crippen LogP contribution in [0.4, 0.5) is 0 Å². The van der Waals surface area contributed by atoms with Crippen molar-refractivity contribution in [3.8, 4) is 0 Å². The summed E-state index contributed by atoms with van der Waals surface area (Å²) in [4.78, 5) is 12.2. The van der Waals surface area contributed by atoms with Gasteiger partial charge in [0.05, 0.1) is 6.10 Å². The van der Waals surface area contributed by atoms with E-state index in [1.54, 1.807) is 13.8 Å². The zero-order chi connectivity index (χ0) is 12.4. The van der Waals surface area contributed by atoms with Crippen LogP contribution in [-0.2, 0) is 4.79 Å². The van der Waals surface area contributed by atoms with Gasteiger partial charge in [-0.25, -0.2) is 0 Å². The summed E-state index contributed by atoms with van der Waals surface area (Å²) in [5.74, 6) is 0.0405. The number of hydrogen-bond donors (Lipinski definition) is 2. The summed E-state index contributed by atoms with van der Waals surface area (Å²) in [6, 6.07) is 0.163. The van der Waals surface area contributed by atoms with Crippen molar-refractivity contribution in [2.75, 3.05) is 0 Å². The van der Waals surface area contributed by atoms with Gasteiger partial charge in [0.1, 0.15) is 5.54 Å². The first-order chi connectivity index (χ1) is 6.51. The Hall–Kier alpha value is -0.410. The van der Waals surface area contributed by atoms with Crippen molar-refractivity contribution in [1.82, 2.24) is 5.32 Å². The Bertz CT molecular complexity index is 228. The second-order valence-corrected chi connectivity index (χ2v) is 5.76. The highest BCUT2D eigenvalue weighted by Crippen LogP contribution is 2.26. The van der Waals surface area contributed by atoms with Crippen LogP contribution in [-0.4, -0.2) is 28.6 Å². The summed E-state index contributed by atoms with van der Waals surface area (Å²) in [5.41, 5.74) is -1.32. The van der Waals surface area contributed by atoms with Crippen molar-refractivity contribution in [2.24, 2.45) is 5.41 Å². The molecule has 0 bridgehead atoms. The Morgan fingerprint density at radius 3 is 1.73 bits per heavy atom. The molecule has 0 aromatic rings. The van der Waals surface area contributed by atoms with E-state index in [0.29, 0.717) is 0 Å². The molecule has 0 radical (unpaired) electrons. The summed E-state index contributed by atoms with van der Waals surface area (Å²) < 4.78 is 0. The van der Waals surface area contributed by atoms with Gasteiger partial charge in [-0.05, 0) is 27.7 Å². The third-order valence-electron chi connectivity index (χ3n) is 2.58. The number of carbonyl (C=O) groups excluding carboxylic acids is 1. The number of nitrogens with one attached hydrogen (secondary N) is 1. The first kappa shape index (κ1) is 14.6. The molecule has 0 aliphatic rings. The minimum absolute atomic E-state index is 0.0405. The predicted molar refractivity (Wildman–Crippen MR) is 62.8 cm³/mol. The maximum absolute atomic E-state index is 12.2. The number of hydrogen-bond acceptors (Lipinski definition) is 3. The Morgan fingerprint density at radius 1 is 1.13 bits per heavy atom. The summed E-state index contributed by atoms with van der Waals surface area (Å²) in [5, 5.41) is 12.9. The summed E-state index contributed by atoms with van der Waals surface area (Å²) in [6.07, 6.45) is -0.702. The zero-order valence-electron chi connectivity index (χ0n) is 11.0. The third-order valence-corrected chi connectivity index (χ3v) is 2.58. The Labute approximate surface area is 93.3 Å². The Balaban J connectivity index is 5.04. The number of rotatable bonds is 4. The molecule has 15 heavy (non-hydrogen) atoms. The van der Waals surface area contributed by atoms with Crippen LogP contribution in [0.15, 0.2) is 0 Å². The molecule has 0 saturated heterocycles. The molecule has 0 saturated carbocycles. The van der Waals surface area contributed by atoms with Crippen LogP contribution in [0, 0.1) is 5.41 Å². The second kappa shape index (κ2) is 4.62. The number of aliphatic hydroxyl groups is 1. The van der Waals surface area contributed by atoms with Crippen molar-refractivity contribution >= 4 is 5.78 Å². The monoisotopic (exact) mass is 215 g/mol. The number of aliphatic hydroxyl groups excluding tert-OH is 1. The molecule has 90 valence electrons. The van der Waals surface area contributed by atoms with E-state index in [9.17, 15) is 9.90 Å². The molecule has 3 nitrogen and oxygen atoms in total. The topological polar surface area (TPSA) is 49.3 Å². The first-order valence-corrected chi connectivity index (χ1v) is 5.52. The fourth-order valence-corrected chi connectivity index (χ4v) is 1.75. The molecule has 0 amide bonds. The normalized spacial score (nSPS) is 18.7. The molecule has 0 fully saturated rings. The van der Waals surface area contributed by atoms with Crippen molar-refractivity contribution < 1.29 is 9.90 Å². The first-order valence-electron chi connectivity index (χ1n) is 5.52. The van der Waals surface area contributed by atoms with Crippen LogP contribution in [0.3, 0.4) is 0 Å². The molecular formula is C12H25NO2. The zero-order valence-corrected chi connectivity index (χ0v) is 11.0. The fraction of sp³-hybridized carbons (Fsp3) is 0.917. The molecule has 2 N–H and O–H groups in total. The maximum atomic E-state index is 12.2. The lowest BCUT2D eigenvalue weighted by molar-refractivity contribution is -0.137. The highest BCUT2D eigenvalue weighted by Gasteiger charge is 2.43. The van der Waals surface area contributed by atoms with Crippen molar-refractivity contribution in [3.05, 3.63) is 0 Å². The lowest BCUT2D eigenvalue weighted by Gasteiger charge is -2.38. The third kappa shape index (κ3) is 3.58. The molecule has 2 atom stereocenters. The SMILES string of the molecule is CC(C)N[C@](C)(C(=O)C(C)(C)C)[C@@H](C)O. The van der Waals surface area contributed by atoms with Crippen LogP contribution in [0.2, 0.25) is 0 Å². The lowest BCUT2D eigenvalue weighted by Crippen LogP contribution is -2.62. The smallest absolute Gasteiger partial charge is 0.160 e. The molecule has 0 rings (SSSR count). The van der Waals surface area contributed by atoms with Crippen molar-refractivity contribution in [3.63, 3.8) is 0 Å². The molecule has 0 heterocycles. The van der Waals surface area contributed by atoms with Crippen LogP contribution in [0.5, 0.6) is 0 Å². The molecule has 3 heteroatoms. The van der Waals surface area contributed by atoms with E-state index in [0.717, 1.165) is 0 Å². The highest BCUT2D eigenvalue weighted by molar-refractivity contribution is 5.93. The number of Topliss-reactive ketones (excluding diaryl/α,β-unsaturated/α-hetero) is 1. The average molecular weight is 215 g/mol. The van der Waals surface area contributed by atoms with Gasteiger partial charge in [0, 0.05) is 11.5 Å². The molecular weight excluding hydrogens is 190 g/mol. The largest absolute Gasteiger partial charge is 0.391 e. The van der Waals surface area contributed by atoms with Gasteiger partial charge in [-0.15, -0.1) is 0 Å². The Morgan fingerprint density at radius 2 is 1.53 bits per heavy atom. The van der Waals surface area contributed by atoms with E-state index in [2.05, 4.69) is 5.32 Å². The molecule has 0 aromatic carbocycles. The molecule has 0 aliphatic heterocycles. The van der Waals surface area contributed by atoms with E-state index >= 15 is 0 Å². The minimum atomic E-state index is -0.869. The predicted octanol–water partition coefficient (Wildman–Crippen LogP) is 1.74. The van der Waals surface area contributed by atoms with E-state index in [-0.39, 0.29) is 11.8 Å². The Kier molecular flexibility index (Phi) is 4.49. The highest BCUT2D eigenvalue weighted by atomic mass is 16.3. The van der Waals surface area contributed by atoms with Gasteiger partial charge in [-0.2, -0.15) is 0 Å². The lowest BCUT2D eigenvalue weighted by atomic mass is 9.76. The van der Waals surface area contributed by atoms with Crippen molar-refractivity contribution in [2.45, 2.75) is 66.2 Å². The molecule has 0 aliphatic carbocycles. The van der Waals surface area contributed by atoms with Gasteiger partial charge in [0.25, 0.3) is 0 Å². The molecule has 0 spiro atoms. The van der Waals surface area contributed by atoms with Gasteiger partial charge >= 0.3 is 0 Å². The quantitative estimate of drug-likeness (QED) is 0.751. The van der Waals surface area contributed by atoms with E-state index < -0.39 is 17.1 Å². The summed E-state index contributed by atoms with van der Waals surface area (Å²) in [6.45, 7) is 13.0. The van der Waals surface area contributed by atoms with Crippen LogP contribution >= 0.6 is 0 Å². The van der Waals surface area contributed by atoms with Gasteiger partial charge in [0.15, 0.2) is 5.78 Å². The van der Waals surface area contributed by atoms with E-state index in [4.69, 9.17) is 0 Å². The van der Waals surface area contributed by atoms with Gasteiger partial charge in [-0.3, -0.25) is 4.79 Å². The van der Waals surface area contributed by atoms with Crippen LogP contribution in [0.1, 0.15) is 48.5 Å². The van der Waals surface area contributed by atoms with Crippen LogP contribution < -0.4 is 5.32 Å². The maximum Gasteiger partial charge on any atom is 0.160 e. The number of ketones is 1. The van der Waals surface area contributed by atoms with Crippen LogP contribution in [0.25, 0.3) is 0 Å². The summed E-state index contributed by atoms with van der Waals surface area (Å²) >= 11 is 0. The van der Waals surface area contributed by atoms with Gasteiger partial charge < -0.3 is 10.4 Å². The van der Waals surface area contributed by atoms with E-state index in [1.165, 1.54) is 0 Å². The number of carbonyl (C=O) groups is 1.